The first-order chi connectivity index (χ1) is 6.15. The molecule has 0 aromatic rings. The van der Waals surface area contributed by atoms with Gasteiger partial charge in [-0.2, -0.15) is 0 Å². The lowest BCUT2D eigenvalue weighted by Gasteiger charge is -2.05. The molecular formula is C7H20N2O3Si. The van der Waals surface area contributed by atoms with Crippen LogP contribution in [0.5, 0.6) is 0 Å². The average molecular weight is 208 g/mol. The van der Waals surface area contributed by atoms with Gasteiger partial charge >= 0.3 is 9.53 Å². The van der Waals surface area contributed by atoms with Crippen molar-refractivity contribution in [3.05, 3.63) is 0 Å². The molecule has 13 heavy (non-hydrogen) atoms. The third kappa shape index (κ3) is 7.12. The topological polar surface area (TPSA) is 75.7 Å². The van der Waals surface area contributed by atoms with E-state index in [-0.39, 0.29) is 0 Å². The molecule has 80 valence electrons. The first-order valence-electron chi connectivity index (χ1n) is 4.23. The second kappa shape index (κ2) is 7.42. The first kappa shape index (κ1) is 13.0. The van der Waals surface area contributed by atoms with Gasteiger partial charge in [0.25, 0.3) is 0 Å². The Balaban J connectivity index is 0.000000223. The molecule has 0 spiro atoms. The van der Waals surface area contributed by atoms with E-state index in [1.54, 1.807) is 21.3 Å². The molecule has 0 aromatic carbocycles. The normalized spacial score (nSPS) is 22.2. The summed E-state index contributed by atoms with van der Waals surface area (Å²) < 4.78 is 14.2. The van der Waals surface area contributed by atoms with Crippen molar-refractivity contribution in [2.75, 3.05) is 27.9 Å². The van der Waals surface area contributed by atoms with E-state index in [1.165, 1.54) is 0 Å². The largest absolute Gasteiger partial charge is 0.483 e. The van der Waals surface area contributed by atoms with Crippen molar-refractivity contribution in [1.82, 2.24) is 5.32 Å². The summed E-state index contributed by atoms with van der Waals surface area (Å²) in [5, 5.41) is 3.11. The molecule has 0 radical (unpaired) electrons. The zero-order chi connectivity index (χ0) is 10.3. The Morgan fingerprint density at radius 1 is 1.31 bits per heavy atom. The maximum absolute atomic E-state index is 5.44. The molecule has 2 atom stereocenters. The molecule has 1 aliphatic rings. The molecule has 1 rings (SSSR count). The predicted molar refractivity (Wildman–Crippen MR) is 53.6 cm³/mol. The van der Waals surface area contributed by atoms with Gasteiger partial charge in [-0.05, 0) is 6.92 Å². The maximum atomic E-state index is 5.44. The molecule has 0 amide bonds. The fourth-order valence-corrected chi connectivity index (χ4v) is 1.31. The third-order valence-electron chi connectivity index (χ3n) is 1.65. The highest BCUT2D eigenvalue weighted by Crippen LogP contribution is 1.98. The molecule has 1 saturated heterocycles. The van der Waals surface area contributed by atoms with Crippen LogP contribution in [0.15, 0.2) is 0 Å². The van der Waals surface area contributed by atoms with E-state index in [4.69, 9.17) is 19.0 Å². The third-order valence-corrected chi connectivity index (χ3v) is 2.81. The van der Waals surface area contributed by atoms with E-state index in [0.29, 0.717) is 12.1 Å². The van der Waals surface area contributed by atoms with Crippen molar-refractivity contribution < 1.29 is 13.3 Å². The van der Waals surface area contributed by atoms with Gasteiger partial charge in [0.2, 0.25) is 0 Å². The van der Waals surface area contributed by atoms with E-state index >= 15 is 0 Å². The minimum absolute atomic E-state index is 0.352. The van der Waals surface area contributed by atoms with Crippen LogP contribution in [0.25, 0.3) is 0 Å². The van der Waals surface area contributed by atoms with Crippen LogP contribution < -0.4 is 11.1 Å². The molecule has 1 heterocycles. The first-order valence-corrected chi connectivity index (χ1v) is 5.64. The lowest BCUT2D eigenvalue weighted by atomic mass is 10.3. The number of nitrogens with one attached hydrogen (secondary N) is 1. The van der Waals surface area contributed by atoms with Crippen LogP contribution in [-0.4, -0.2) is 49.5 Å². The van der Waals surface area contributed by atoms with Gasteiger partial charge in [0.05, 0.1) is 0 Å². The standard InChI is InChI=1S/C4H10N2.C3H10O3Si/c1-3(5)4-2-6-4;1-4-7(5-2)6-3/h3-4,6H,2,5H2,1H3;7H,1-3H3. The number of hydrogen-bond acceptors (Lipinski definition) is 5. The Bertz CT molecular complexity index is 113. The summed E-state index contributed by atoms with van der Waals surface area (Å²) in [6, 6.07) is 0.981. The van der Waals surface area contributed by atoms with Crippen molar-refractivity contribution in [2.45, 2.75) is 19.0 Å². The fraction of sp³-hybridized carbons (Fsp3) is 1.00. The summed E-state index contributed by atoms with van der Waals surface area (Å²) in [6.07, 6.45) is 0. The van der Waals surface area contributed by atoms with Crippen LogP contribution in [0.4, 0.5) is 0 Å². The highest BCUT2D eigenvalue weighted by atomic mass is 28.3. The summed E-state index contributed by atoms with van der Waals surface area (Å²) in [5.74, 6) is 0. The van der Waals surface area contributed by atoms with Crippen molar-refractivity contribution in [3.63, 3.8) is 0 Å². The monoisotopic (exact) mass is 208 g/mol. The van der Waals surface area contributed by atoms with Gasteiger partial charge in [-0.1, -0.05) is 0 Å². The lowest BCUT2D eigenvalue weighted by molar-refractivity contribution is 0.163. The van der Waals surface area contributed by atoms with Crippen molar-refractivity contribution in [1.29, 1.82) is 0 Å². The minimum Gasteiger partial charge on any atom is -0.379 e. The Hall–Kier alpha value is 0.0169. The van der Waals surface area contributed by atoms with Crippen LogP contribution in [0.2, 0.25) is 0 Å². The predicted octanol–water partition coefficient (Wildman–Crippen LogP) is -1.05. The summed E-state index contributed by atoms with van der Waals surface area (Å²) >= 11 is 0. The Morgan fingerprint density at radius 2 is 1.69 bits per heavy atom. The van der Waals surface area contributed by atoms with Gasteiger partial charge in [0, 0.05) is 40.0 Å². The van der Waals surface area contributed by atoms with Gasteiger partial charge in [-0.3, -0.25) is 0 Å². The highest BCUT2D eigenvalue weighted by molar-refractivity contribution is 6.36. The zero-order valence-corrected chi connectivity index (χ0v) is 9.90. The average Bonchev–Trinajstić information content (AvgIpc) is 2.90. The molecule has 0 saturated carbocycles. The quantitative estimate of drug-likeness (QED) is 0.455. The Morgan fingerprint density at radius 3 is 1.69 bits per heavy atom. The van der Waals surface area contributed by atoms with E-state index in [0.717, 1.165) is 6.54 Å². The zero-order valence-electron chi connectivity index (χ0n) is 8.74. The van der Waals surface area contributed by atoms with Gasteiger partial charge in [-0.25, -0.2) is 0 Å². The van der Waals surface area contributed by atoms with E-state index in [9.17, 15) is 0 Å². The Kier molecular flexibility index (Phi) is 7.43. The molecule has 0 aromatic heterocycles. The van der Waals surface area contributed by atoms with Crippen molar-refractivity contribution in [3.8, 4) is 0 Å². The number of nitrogens with two attached hydrogens (primary N) is 1. The summed E-state index contributed by atoms with van der Waals surface area (Å²) in [7, 11) is 3.05. The van der Waals surface area contributed by atoms with Crippen LogP contribution in [0.3, 0.4) is 0 Å². The molecule has 0 aliphatic carbocycles. The summed E-state index contributed by atoms with van der Waals surface area (Å²) in [5.41, 5.74) is 5.44. The van der Waals surface area contributed by atoms with Crippen LogP contribution in [0.1, 0.15) is 6.92 Å². The molecule has 1 aliphatic heterocycles. The van der Waals surface area contributed by atoms with Crippen molar-refractivity contribution in [2.24, 2.45) is 5.73 Å². The van der Waals surface area contributed by atoms with E-state index in [2.05, 4.69) is 5.32 Å². The minimum atomic E-state index is -1.67. The molecule has 6 heteroatoms. The van der Waals surface area contributed by atoms with Gasteiger partial charge in [0.1, 0.15) is 0 Å². The van der Waals surface area contributed by atoms with Gasteiger partial charge < -0.3 is 24.3 Å². The molecular weight excluding hydrogens is 188 g/mol. The van der Waals surface area contributed by atoms with Crippen molar-refractivity contribution >= 4 is 9.53 Å². The maximum Gasteiger partial charge on any atom is 0.483 e. The second-order valence-electron chi connectivity index (χ2n) is 2.87. The van der Waals surface area contributed by atoms with E-state index in [1.807, 2.05) is 6.92 Å². The van der Waals surface area contributed by atoms with Gasteiger partial charge in [0.15, 0.2) is 0 Å². The summed E-state index contributed by atoms with van der Waals surface area (Å²) in [4.78, 5) is 0. The second-order valence-corrected chi connectivity index (χ2v) is 4.86. The number of hydrogen-bond donors (Lipinski definition) is 2. The fourth-order valence-electron chi connectivity index (χ4n) is 0.729. The molecule has 5 nitrogen and oxygen atoms in total. The molecule has 2 unspecified atom stereocenters. The van der Waals surface area contributed by atoms with Gasteiger partial charge in [-0.15, -0.1) is 0 Å². The SMILES string of the molecule is CC(N)C1CN1.CO[SiH](OC)OC. The molecule has 0 bridgehead atoms. The van der Waals surface area contributed by atoms with Crippen LogP contribution in [0, 0.1) is 0 Å². The Labute approximate surface area is 81.5 Å². The number of rotatable bonds is 4. The van der Waals surface area contributed by atoms with Crippen LogP contribution >= 0.6 is 0 Å². The van der Waals surface area contributed by atoms with E-state index < -0.39 is 9.53 Å². The lowest BCUT2D eigenvalue weighted by Crippen LogP contribution is -2.23. The smallest absolute Gasteiger partial charge is 0.379 e. The molecule has 1 fully saturated rings. The molecule has 3 N–H and O–H groups in total. The summed E-state index contributed by atoms with van der Waals surface area (Å²) in [6.45, 7) is 3.14. The highest BCUT2D eigenvalue weighted by Gasteiger charge is 2.23. The van der Waals surface area contributed by atoms with Crippen LogP contribution in [-0.2, 0) is 13.3 Å².